The Morgan fingerprint density at radius 1 is 1.30 bits per heavy atom. The van der Waals surface area contributed by atoms with Crippen LogP contribution in [0.4, 0.5) is 5.69 Å². The van der Waals surface area contributed by atoms with Crippen molar-refractivity contribution in [3.05, 3.63) is 63.1 Å². The van der Waals surface area contributed by atoms with Gasteiger partial charge in [0, 0.05) is 18.1 Å². The molecule has 0 aliphatic carbocycles. The second-order valence-electron chi connectivity index (χ2n) is 5.52. The molecule has 0 fully saturated rings. The molecule has 0 heterocycles. The van der Waals surface area contributed by atoms with Crippen LogP contribution in [-0.2, 0) is 6.42 Å². The van der Waals surface area contributed by atoms with Crippen molar-refractivity contribution in [2.75, 3.05) is 13.6 Å². The summed E-state index contributed by atoms with van der Waals surface area (Å²) in [5, 5.41) is 9.29. The van der Waals surface area contributed by atoms with Crippen LogP contribution >= 0.6 is 15.9 Å². The Bertz CT molecular complexity index is 760. The Morgan fingerprint density at radius 3 is 2.74 bits per heavy atom. The second-order valence-corrected chi connectivity index (χ2v) is 6.43. The lowest BCUT2D eigenvalue weighted by atomic mass is 9.97. The average molecular weight is 370 g/mol. The van der Waals surface area contributed by atoms with Gasteiger partial charge in [0.25, 0.3) is 0 Å². The Morgan fingerprint density at radius 2 is 2.09 bits per heavy atom. The molecule has 0 atom stereocenters. The fourth-order valence-electron chi connectivity index (χ4n) is 2.25. The van der Waals surface area contributed by atoms with Crippen LogP contribution < -0.4 is 0 Å². The van der Waals surface area contributed by atoms with Crippen molar-refractivity contribution in [1.29, 1.82) is 5.26 Å². The van der Waals surface area contributed by atoms with Gasteiger partial charge in [-0.3, -0.25) is 0 Å². The average Bonchev–Trinajstić information content (AvgIpc) is 2.55. The van der Waals surface area contributed by atoms with Gasteiger partial charge >= 0.3 is 0 Å². The number of nitriles is 1. The van der Waals surface area contributed by atoms with E-state index in [-0.39, 0.29) is 0 Å². The molecular formula is C19H20BrN3. The fraction of sp³-hybridized carbons (Fsp3) is 0.263. The molecule has 0 saturated heterocycles. The molecule has 2 rings (SSSR count). The lowest BCUT2D eigenvalue weighted by Crippen LogP contribution is -2.14. The molecule has 0 amide bonds. The number of benzene rings is 2. The van der Waals surface area contributed by atoms with Crippen molar-refractivity contribution in [3.8, 4) is 6.07 Å². The highest BCUT2D eigenvalue weighted by molar-refractivity contribution is 9.10. The molecule has 0 saturated carbocycles. The lowest BCUT2D eigenvalue weighted by molar-refractivity contribution is 0.552. The highest BCUT2D eigenvalue weighted by atomic mass is 79.9. The first-order chi connectivity index (χ1) is 11.0. The molecule has 0 aliphatic heterocycles. The van der Waals surface area contributed by atoms with Crippen molar-refractivity contribution in [2.24, 2.45) is 4.99 Å². The van der Waals surface area contributed by atoms with Crippen LogP contribution in [-0.4, -0.2) is 24.8 Å². The van der Waals surface area contributed by atoms with E-state index in [2.05, 4.69) is 53.0 Å². The zero-order chi connectivity index (χ0) is 16.8. The molecule has 2 aromatic carbocycles. The van der Waals surface area contributed by atoms with Crippen molar-refractivity contribution in [1.82, 2.24) is 4.90 Å². The van der Waals surface area contributed by atoms with Gasteiger partial charge in [-0.2, -0.15) is 5.26 Å². The molecule has 118 valence electrons. The third kappa shape index (κ3) is 4.67. The normalized spacial score (nSPS) is 10.7. The molecule has 4 heteroatoms. The van der Waals surface area contributed by atoms with Gasteiger partial charge in [-0.1, -0.05) is 28.1 Å². The smallest absolute Gasteiger partial charge is 0.0992 e. The molecule has 2 aromatic rings. The van der Waals surface area contributed by atoms with Gasteiger partial charge in [0.05, 0.1) is 23.7 Å². The molecule has 0 aromatic heterocycles. The number of nitrogens with zero attached hydrogens (tertiary/aromatic N) is 3. The van der Waals surface area contributed by atoms with Gasteiger partial charge < -0.3 is 4.90 Å². The van der Waals surface area contributed by atoms with Crippen LogP contribution in [0.3, 0.4) is 0 Å². The maximum Gasteiger partial charge on any atom is 0.0992 e. The first-order valence-electron chi connectivity index (χ1n) is 7.56. The summed E-state index contributed by atoms with van der Waals surface area (Å²) in [6.07, 6.45) is 2.60. The van der Waals surface area contributed by atoms with Crippen LogP contribution in [0, 0.1) is 18.3 Å². The van der Waals surface area contributed by atoms with Crippen LogP contribution in [0.2, 0.25) is 0 Å². The maximum atomic E-state index is 9.29. The summed E-state index contributed by atoms with van der Waals surface area (Å²) in [6.45, 7) is 5.03. The number of hydrogen-bond donors (Lipinski definition) is 0. The maximum absolute atomic E-state index is 9.29. The quantitative estimate of drug-likeness (QED) is 0.559. The molecule has 0 bridgehead atoms. The molecule has 0 N–H and O–H groups in total. The van der Waals surface area contributed by atoms with Gasteiger partial charge in [0.15, 0.2) is 0 Å². The number of aliphatic imine (C=N–C) groups is 1. The monoisotopic (exact) mass is 369 g/mol. The summed E-state index contributed by atoms with van der Waals surface area (Å²) in [5.41, 5.74) is 4.96. The number of hydrogen-bond acceptors (Lipinski definition) is 2. The Balaban J connectivity index is 2.39. The largest absolute Gasteiger partial charge is 0.366 e. The second kappa shape index (κ2) is 7.94. The van der Waals surface area contributed by atoms with Crippen molar-refractivity contribution in [3.63, 3.8) is 0 Å². The Kier molecular flexibility index (Phi) is 5.95. The summed E-state index contributed by atoms with van der Waals surface area (Å²) in [6, 6.07) is 14.3. The topological polar surface area (TPSA) is 39.4 Å². The van der Waals surface area contributed by atoms with Crippen molar-refractivity contribution < 1.29 is 0 Å². The summed E-state index contributed by atoms with van der Waals surface area (Å²) in [7, 11) is 1.98. The summed E-state index contributed by atoms with van der Waals surface area (Å²) >= 11 is 3.50. The number of halogens is 1. The van der Waals surface area contributed by atoms with E-state index in [1.807, 2.05) is 42.6 Å². The van der Waals surface area contributed by atoms with E-state index >= 15 is 0 Å². The first kappa shape index (κ1) is 17.2. The number of rotatable bonds is 5. The van der Waals surface area contributed by atoms with Crippen LogP contribution in [0.25, 0.3) is 0 Å². The van der Waals surface area contributed by atoms with Crippen LogP contribution in [0.15, 0.2) is 45.9 Å². The molecular weight excluding hydrogens is 350 g/mol. The van der Waals surface area contributed by atoms with E-state index in [0.717, 1.165) is 34.3 Å². The first-order valence-corrected chi connectivity index (χ1v) is 8.35. The van der Waals surface area contributed by atoms with Gasteiger partial charge in [0.2, 0.25) is 0 Å². The third-order valence-corrected chi connectivity index (χ3v) is 4.29. The van der Waals surface area contributed by atoms with Gasteiger partial charge in [0.1, 0.15) is 0 Å². The minimum atomic E-state index is 0.645. The van der Waals surface area contributed by atoms with E-state index in [1.165, 1.54) is 5.56 Å². The van der Waals surface area contributed by atoms with Gasteiger partial charge in [-0.25, -0.2) is 4.99 Å². The summed E-state index contributed by atoms with van der Waals surface area (Å²) in [4.78, 5) is 6.55. The highest BCUT2D eigenvalue weighted by Crippen LogP contribution is 2.26. The predicted molar refractivity (Wildman–Crippen MR) is 99.3 cm³/mol. The third-order valence-electron chi connectivity index (χ3n) is 3.79. The minimum Gasteiger partial charge on any atom is -0.366 e. The molecule has 0 radical (unpaired) electrons. The van der Waals surface area contributed by atoms with Gasteiger partial charge in [-0.05, 0) is 61.2 Å². The Hall–Kier alpha value is -2.12. The predicted octanol–water partition coefficient (Wildman–Crippen LogP) is 4.83. The van der Waals surface area contributed by atoms with Crippen molar-refractivity contribution >= 4 is 28.0 Å². The van der Waals surface area contributed by atoms with Crippen molar-refractivity contribution in [2.45, 2.75) is 20.3 Å². The van der Waals surface area contributed by atoms with Crippen LogP contribution in [0.5, 0.6) is 0 Å². The SMILES string of the molecule is CCN(C)C=Nc1cc(C#N)cc(Cc2cccc(Br)c2)c1C. The summed E-state index contributed by atoms with van der Waals surface area (Å²) < 4.78 is 1.06. The van der Waals surface area contributed by atoms with E-state index < -0.39 is 0 Å². The van der Waals surface area contributed by atoms with E-state index in [0.29, 0.717) is 5.56 Å². The molecule has 3 nitrogen and oxygen atoms in total. The standard InChI is InChI=1S/C19H20BrN3/c1-4-23(3)13-22-19-11-16(12-21)9-17(14(19)2)8-15-6-5-7-18(20)10-15/h5-7,9-11,13H,4,8H2,1-3H3. The van der Waals surface area contributed by atoms with E-state index in [4.69, 9.17) is 0 Å². The van der Waals surface area contributed by atoms with Gasteiger partial charge in [-0.15, -0.1) is 0 Å². The van der Waals surface area contributed by atoms with Crippen LogP contribution in [0.1, 0.15) is 29.2 Å². The zero-order valence-corrected chi connectivity index (χ0v) is 15.3. The Labute approximate surface area is 146 Å². The molecule has 0 unspecified atom stereocenters. The molecule has 23 heavy (non-hydrogen) atoms. The van der Waals surface area contributed by atoms with E-state index in [1.54, 1.807) is 0 Å². The lowest BCUT2D eigenvalue weighted by Gasteiger charge is -2.12. The fourth-order valence-corrected chi connectivity index (χ4v) is 2.70. The minimum absolute atomic E-state index is 0.645. The zero-order valence-electron chi connectivity index (χ0n) is 13.7. The highest BCUT2D eigenvalue weighted by Gasteiger charge is 2.08. The molecule has 0 spiro atoms. The molecule has 0 aliphatic rings. The van der Waals surface area contributed by atoms with E-state index in [9.17, 15) is 5.26 Å². The summed E-state index contributed by atoms with van der Waals surface area (Å²) in [5.74, 6) is 0.